The highest BCUT2D eigenvalue weighted by molar-refractivity contribution is 5.76. The molecule has 0 aliphatic rings. The van der Waals surface area contributed by atoms with Crippen molar-refractivity contribution in [2.75, 3.05) is 0 Å². The summed E-state index contributed by atoms with van der Waals surface area (Å²) in [5.74, 6) is 0.0166. The summed E-state index contributed by atoms with van der Waals surface area (Å²) < 4.78 is 1.85. The number of nitrogens with zero attached hydrogens (tertiary/aromatic N) is 4. The van der Waals surface area contributed by atoms with Crippen molar-refractivity contribution < 1.29 is 4.79 Å². The van der Waals surface area contributed by atoms with Gasteiger partial charge in [-0.1, -0.05) is 0 Å². The molecule has 6 nitrogen and oxygen atoms in total. The maximum Gasteiger partial charge on any atom is 0.220 e. The molecule has 2 aromatic heterocycles. The van der Waals surface area contributed by atoms with Crippen molar-refractivity contribution in [2.45, 2.75) is 52.6 Å². The Hall–Kier alpha value is -2.68. The normalized spacial score (nSPS) is 11.8. The van der Waals surface area contributed by atoms with E-state index in [2.05, 4.69) is 21.5 Å². The van der Waals surface area contributed by atoms with Gasteiger partial charge in [0.15, 0.2) is 0 Å². The van der Waals surface area contributed by atoms with E-state index >= 15 is 0 Å². The number of amides is 1. The second kappa shape index (κ2) is 8.25. The number of carbonyl (C=O) groups is 1. The number of pyridine rings is 1. The molecule has 126 valence electrons. The highest BCUT2D eigenvalue weighted by Gasteiger charge is 2.14. The SMILES string of the molecule is Cc1nn(CCC#N)c(C)c1CCC(=O)N[C@@H](C)c1ccncc1. The fourth-order valence-electron chi connectivity index (χ4n) is 2.76. The zero-order valence-electron chi connectivity index (χ0n) is 14.4. The summed E-state index contributed by atoms with van der Waals surface area (Å²) in [5, 5.41) is 16.2. The third-order valence-corrected chi connectivity index (χ3v) is 4.15. The first-order chi connectivity index (χ1) is 11.5. The predicted octanol–water partition coefficient (Wildman–Crippen LogP) is 2.62. The molecule has 0 fully saturated rings. The Kier molecular flexibility index (Phi) is 6.07. The van der Waals surface area contributed by atoms with Crippen LogP contribution in [0, 0.1) is 25.2 Å². The maximum atomic E-state index is 12.2. The summed E-state index contributed by atoms with van der Waals surface area (Å²) >= 11 is 0. The molecule has 2 heterocycles. The van der Waals surface area contributed by atoms with Crippen molar-refractivity contribution in [1.82, 2.24) is 20.1 Å². The second-order valence-corrected chi connectivity index (χ2v) is 5.85. The molecule has 24 heavy (non-hydrogen) atoms. The first kappa shape index (κ1) is 17.7. The fourth-order valence-corrected chi connectivity index (χ4v) is 2.76. The Labute approximate surface area is 142 Å². The summed E-state index contributed by atoms with van der Waals surface area (Å²) in [6, 6.07) is 5.89. The zero-order valence-corrected chi connectivity index (χ0v) is 14.4. The van der Waals surface area contributed by atoms with Gasteiger partial charge in [0.2, 0.25) is 5.91 Å². The van der Waals surface area contributed by atoms with Gasteiger partial charge in [0.25, 0.3) is 0 Å². The molecular formula is C18H23N5O. The topological polar surface area (TPSA) is 83.6 Å². The zero-order chi connectivity index (χ0) is 17.5. The number of hydrogen-bond donors (Lipinski definition) is 1. The van der Waals surface area contributed by atoms with Crippen LogP contribution in [0.5, 0.6) is 0 Å². The minimum absolute atomic E-state index is 0.0166. The molecule has 0 aromatic carbocycles. The molecule has 0 unspecified atom stereocenters. The third-order valence-electron chi connectivity index (χ3n) is 4.15. The van der Waals surface area contributed by atoms with E-state index in [-0.39, 0.29) is 11.9 Å². The van der Waals surface area contributed by atoms with Crippen LogP contribution in [0.1, 0.15) is 48.3 Å². The number of rotatable bonds is 7. The van der Waals surface area contributed by atoms with E-state index < -0.39 is 0 Å². The molecule has 1 N–H and O–H groups in total. The Balaban J connectivity index is 1.92. The van der Waals surface area contributed by atoms with E-state index in [4.69, 9.17) is 5.26 Å². The molecule has 2 rings (SSSR count). The van der Waals surface area contributed by atoms with Gasteiger partial charge in [-0.2, -0.15) is 10.4 Å². The number of nitrogens with one attached hydrogen (secondary N) is 1. The van der Waals surface area contributed by atoms with Crippen LogP contribution in [0.3, 0.4) is 0 Å². The third kappa shape index (κ3) is 4.42. The lowest BCUT2D eigenvalue weighted by molar-refractivity contribution is -0.121. The maximum absolute atomic E-state index is 12.2. The van der Waals surface area contributed by atoms with Gasteiger partial charge in [0.1, 0.15) is 0 Å². The Morgan fingerprint density at radius 2 is 2.08 bits per heavy atom. The number of nitriles is 1. The lowest BCUT2D eigenvalue weighted by Gasteiger charge is -2.14. The Morgan fingerprint density at radius 3 is 2.75 bits per heavy atom. The van der Waals surface area contributed by atoms with Gasteiger partial charge in [-0.3, -0.25) is 14.5 Å². The molecule has 0 spiro atoms. The average molecular weight is 325 g/mol. The fraction of sp³-hybridized carbons (Fsp3) is 0.444. The van der Waals surface area contributed by atoms with Gasteiger partial charge in [-0.25, -0.2) is 0 Å². The van der Waals surface area contributed by atoms with Crippen LogP contribution in [0.2, 0.25) is 0 Å². The van der Waals surface area contributed by atoms with E-state index in [1.54, 1.807) is 12.4 Å². The Bertz CT molecular complexity index is 730. The van der Waals surface area contributed by atoms with Crippen molar-refractivity contribution >= 4 is 5.91 Å². The number of aromatic nitrogens is 3. The molecule has 0 aliphatic heterocycles. The quantitative estimate of drug-likeness (QED) is 0.848. The van der Waals surface area contributed by atoms with Gasteiger partial charge in [0.05, 0.1) is 30.8 Å². The number of aryl methyl sites for hydroxylation is 2. The summed E-state index contributed by atoms with van der Waals surface area (Å²) in [6.07, 6.45) is 4.95. The average Bonchev–Trinajstić information content (AvgIpc) is 2.85. The molecule has 0 bridgehead atoms. The summed E-state index contributed by atoms with van der Waals surface area (Å²) in [6.45, 7) is 6.49. The lowest BCUT2D eigenvalue weighted by Crippen LogP contribution is -2.26. The van der Waals surface area contributed by atoms with E-state index in [1.165, 1.54) is 0 Å². The standard InChI is InChI=1S/C18H23N5O/c1-13(16-7-10-20-11-8-16)21-18(24)6-5-17-14(2)22-23(15(17)3)12-4-9-19/h7-8,10-11,13H,4-6,12H2,1-3H3,(H,21,24)/t13-/m0/s1. The van der Waals surface area contributed by atoms with Gasteiger partial charge < -0.3 is 5.32 Å². The molecule has 0 radical (unpaired) electrons. The molecule has 0 saturated carbocycles. The number of hydrogen-bond acceptors (Lipinski definition) is 4. The lowest BCUT2D eigenvalue weighted by atomic mass is 10.1. The molecule has 2 aromatic rings. The monoisotopic (exact) mass is 325 g/mol. The van der Waals surface area contributed by atoms with Gasteiger partial charge in [-0.15, -0.1) is 0 Å². The van der Waals surface area contributed by atoms with Gasteiger partial charge in [-0.05, 0) is 50.5 Å². The first-order valence-electron chi connectivity index (χ1n) is 8.12. The molecule has 1 amide bonds. The van der Waals surface area contributed by atoms with E-state index in [0.717, 1.165) is 22.5 Å². The number of carbonyl (C=O) groups excluding carboxylic acids is 1. The largest absolute Gasteiger partial charge is 0.350 e. The van der Waals surface area contributed by atoms with Crippen molar-refractivity contribution in [2.24, 2.45) is 0 Å². The van der Waals surface area contributed by atoms with Gasteiger partial charge in [0, 0.05) is 24.5 Å². The van der Waals surface area contributed by atoms with Crippen molar-refractivity contribution in [1.29, 1.82) is 5.26 Å². The highest BCUT2D eigenvalue weighted by Crippen LogP contribution is 2.16. The van der Waals surface area contributed by atoms with Gasteiger partial charge >= 0.3 is 0 Å². The summed E-state index contributed by atoms with van der Waals surface area (Å²) in [4.78, 5) is 16.2. The molecular weight excluding hydrogens is 302 g/mol. The van der Waals surface area contributed by atoms with Crippen molar-refractivity contribution in [3.63, 3.8) is 0 Å². The predicted molar refractivity (Wildman–Crippen MR) is 91.0 cm³/mol. The summed E-state index contributed by atoms with van der Waals surface area (Å²) in [7, 11) is 0. The van der Waals surface area contributed by atoms with Crippen LogP contribution in [-0.2, 0) is 17.8 Å². The molecule has 0 aliphatic carbocycles. The first-order valence-corrected chi connectivity index (χ1v) is 8.12. The van der Waals surface area contributed by atoms with Crippen LogP contribution in [0.25, 0.3) is 0 Å². The van der Waals surface area contributed by atoms with Crippen LogP contribution < -0.4 is 5.32 Å². The van der Waals surface area contributed by atoms with Crippen LogP contribution >= 0.6 is 0 Å². The van der Waals surface area contributed by atoms with Crippen molar-refractivity contribution in [3.05, 3.63) is 47.0 Å². The molecule has 0 saturated heterocycles. The second-order valence-electron chi connectivity index (χ2n) is 5.85. The Morgan fingerprint density at radius 1 is 1.38 bits per heavy atom. The van der Waals surface area contributed by atoms with E-state index in [9.17, 15) is 4.79 Å². The minimum atomic E-state index is -0.0407. The molecule has 1 atom stereocenters. The van der Waals surface area contributed by atoms with Crippen LogP contribution in [-0.4, -0.2) is 20.7 Å². The molecule has 6 heteroatoms. The van der Waals surface area contributed by atoms with Crippen LogP contribution in [0.15, 0.2) is 24.5 Å². The van der Waals surface area contributed by atoms with Crippen LogP contribution in [0.4, 0.5) is 0 Å². The highest BCUT2D eigenvalue weighted by atomic mass is 16.1. The smallest absolute Gasteiger partial charge is 0.220 e. The van der Waals surface area contributed by atoms with E-state index in [1.807, 2.05) is 37.6 Å². The summed E-state index contributed by atoms with van der Waals surface area (Å²) in [5.41, 5.74) is 4.10. The van der Waals surface area contributed by atoms with Crippen molar-refractivity contribution in [3.8, 4) is 6.07 Å². The minimum Gasteiger partial charge on any atom is -0.350 e. The van der Waals surface area contributed by atoms with E-state index in [0.29, 0.717) is 25.8 Å².